The minimum Gasteiger partial charge on any atom is -0.508 e. The highest BCUT2D eigenvalue weighted by Crippen LogP contribution is 2.29. The van der Waals surface area contributed by atoms with E-state index in [4.69, 9.17) is 5.11 Å². The van der Waals surface area contributed by atoms with E-state index in [9.17, 15) is 9.90 Å². The molecule has 0 aliphatic heterocycles. The summed E-state index contributed by atoms with van der Waals surface area (Å²) in [5.74, 6) is 0.192. The number of carbonyl (C=O) groups is 1. The molecule has 0 bridgehead atoms. The van der Waals surface area contributed by atoms with Gasteiger partial charge in [-0.15, -0.1) is 0 Å². The number of benzene rings is 1. The van der Waals surface area contributed by atoms with Crippen LogP contribution in [0.4, 0.5) is 5.82 Å². The maximum atomic E-state index is 10.7. The lowest BCUT2D eigenvalue weighted by Crippen LogP contribution is -2.33. The number of phenolic OH excluding ortho intramolecular Hbond substituents is 1. The van der Waals surface area contributed by atoms with Crippen molar-refractivity contribution in [1.29, 1.82) is 0 Å². The number of aliphatic carboxylic acids is 1. The minimum atomic E-state index is -0.790. The van der Waals surface area contributed by atoms with E-state index in [1.54, 1.807) is 18.3 Å². The smallest absolute Gasteiger partial charge is 0.303 e. The Morgan fingerprint density at radius 2 is 2.10 bits per heavy atom. The number of phenols is 1. The van der Waals surface area contributed by atoms with Gasteiger partial charge < -0.3 is 15.1 Å². The van der Waals surface area contributed by atoms with Gasteiger partial charge in [0.1, 0.15) is 11.6 Å². The van der Waals surface area contributed by atoms with E-state index < -0.39 is 5.97 Å². The average Bonchev–Trinajstić information content (AvgIpc) is 2.42. The van der Waals surface area contributed by atoms with E-state index in [1.165, 1.54) is 0 Å². The van der Waals surface area contributed by atoms with Crippen LogP contribution in [-0.4, -0.2) is 33.8 Å². The van der Waals surface area contributed by atoms with E-state index in [1.807, 2.05) is 26.0 Å². The second kappa shape index (κ2) is 6.43. The third-order valence-corrected chi connectivity index (χ3v) is 3.41. The number of pyridine rings is 1. The number of rotatable bonds is 6. The van der Waals surface area contributed by atoms with Gasteiger partial charge in [-0.1, -0.05) is 6.07 Å². The molecule has 0 radical (unpaired) electrons. The van der Waals surface area contributed by atoms with Gasteiger partial charge in [0.05, 0.1) is 0 Å². The predicted molar refractivity (Wildman–Crippen MR) is 82.8 cm³/mol. The number of hydrogen-bond acceptors (Lipinski definition) is 4. The number of hydrogen-bond donors (Lipinski definition) is 2. The van der Waals surface area contributed by atoms with Gasteiger partial charge in [0, 0.05) is 30.6 Å². The zero-order valence-corrected chi connectivity index (χ0v) is 12.3. The molecule has 0 saturated heterocycles. The van der Waals surface area contributed by atoms with Crippen LogP contribution in [0.25, 0.3) is 10.8 Å². The first-order valence-electron chi connectivity index (χ1n) is 7.05. The van der Waals surface area contributed by atoms with Crippen molar-refractivity contribution in [3.05, 3.63) is 30.5 Å². The lowest BCUT2D eigenvalue weighted by Gasteiger charge is -2.28. The molecule has 112 valence electrons. The van der Waals surface area contributed by atoms with Crippen LogP contribution in [0.3, 0.4) is 0 Å². The van der Waals surface area contributed by atoms with E-state index in [-0.39, 0.29) is 18.2 Å². The quantitative estimate of drug-likeness (QED) is 0.854. The molecule has 0 fully saturated rings. The molecular weight excluding hydrogens is 268 g/mol. The van der Waals surface area contributed by atoms with Crippen molar-refractivity contribution in [3.8, 4) is 5.75 Å². The first-order valence-corrected chi connectivity index (χ1v) is 7.05. The van der Waals surface area contributed by atoms with E-state index in [2.05, 4.69) is 9.88 Å². The van der Waals surface area contributed by atoms with Crippen molar-refractivity contribution in [2.75, 3.05) is 11.4 Å². The fourth-order valence-corrected chi connectivity index (χ4v) is 2.38. The van der Waals surface area contributed by atoms with Gasteiger partial charge in [0.2, 0.25) is 0 Å². The maximum absolute atomic E-state index is 10.7. The van der Waals surface area contributed by atoms with Gasteiger partial charge >= 0.3 is 5.97 Å². The molecule has 0 amide bonds. The second-order valence-electron chi connectivity index (χ2n) is 5.32. The molecule has 2 N–H and O–H groups in total. The molecule has 0 aliphatic carbocycles. The van der Waals surface area contributed by atoms with Crippen molar-refractivity contribution in [1.82, 2.24) is 4.98 Å². The molecular formula is C16H20N2O3. The largest absolute Gasteiger partial charge is 0.508 e. The van der Waals surface area contributed by atoms with E-state index in [0.717, 1.165) is 16.6 Å². The Morgan fingerprint density at radius 1 is 1.33 bits per heavy atom. The normalized spacial score (nSPS) is 11.0. The zero-order chi connectivity index (χ0) is 15.4. The molecule has 0 saturated carbocycles. The van der Waals surface area contributed by atoms with Crippen LogP contribution >= 0.6 is 0 Å². The highest BCUT2D eigenvalue weighted by Gasteiger charge is 2.15. The van der Waals surface area contributed by atoms with E-state index in [0.29, 0.717) is 13.0 Å². The second-order valence-corrected chi connectivity index (χ2v) is 5.32. The third-order valence-electron chi connectivity index (χ3n) is 3.41. The molecule has 0 aliphatic rings. The molecule has 0 unspecified atom stereocenters. The number of carboxylic acid groups (broad SMARTS) is 1. The minimum absolute atomic E-state index is 0.138. The van der Waals surface area contributed by atoms with Crippen LogP contribution in [0.15, 0.2) is 30.5 Å². The van der Waals surface area contributed by atoms with Crippen LogP contribution < -0.4 is 4.90 Å². The van der Waals surface area contributed by atoms with Crippen molar-refractivity contribution in [2.45, 2.75) is 32.7 Å². The number of nitrogens with zero attached hydrogens (tertiary/aromatic N) is 2. The summed E-state index contributed by atoms with van der Waals surface area (Å²) in [6, 6.07) is 7.29. The Kier molecular flexibility index (Phi) is 4.62. The van der Waals surface area contributed by atoms with E-state index >= 15 is 0 Å². The Labute approximate surface area is 123 Å². The van der Waals surface area contributed by atoms with Gasteiger partial charge in [-0.25, -0.2) is 4.98 Å². The number of aromatic nitrogens is 1. The molecule has 2 rings (SSSR count). The maximum Gasteiger partial charge on any atom is 0.303 e. The first-order chi connectivity index (χ1) is 9.99. The number of anilines is 1. The molecule has 2 aromatic rings. The zero-order valence-electron chi connectivity index (χ0n) is 12.3. The van der Waals surface area contributed by atoms with Crippen LogP contribution in [-0.2, 0) is 4.79 Å². The lowest BCUT2D eigenvalue weighted by molar-refractivity contribution is -0.137. The van der Waals surface area contributed by atoms with Crippen LogP contribution in [0.5, 0.6) is 5.75 Å². The molecule has 5 nitrogen and oxygen atoms in total. The molecule has 1 aromatic carbocycles. The van der Waals surface area contributed by atoms with Crippen molar-refractivity contribution in [3.63, 3.8) is 0 Å². The topological polar surface area (TPSA) is 73.7 Å². The number of carboxylic acids is 1. The Hall–Kier alpha value is -2.30. The monoisotopic (exact) mass is 288 g/mol. The molecule has 1 heterocycles. The summed E-state index contributed by atoms with van der Waals surface area (Å²) in [5, 5.41) is 20.4. The van der Waals surface area contributed by atoms with Gasteiger partial charge in [-0.05, 0) is 43.9 Å². The third kappa shape index (κ3) is 3.62. The SMILES string of the molecule is CC(C)N(CCCC(=O)O)c1nccc2ccc(O)cc12. The van der Waals surface area contributed by atoms with Gasteiger partial charge in [-0.2, -0.15) is 0 Å². The Balaban J connectivity index is 2.35. The first kappa shape index (κ1) is 15.1. The summed E-state index contributed by atoms with van der Waals surface area (Å²) >= 11 is 0. The van der Waals surface area contributed by atoms with Crippen molar-refractivity contribution < 1.29 is 15.0 Å². The number of aromatic hydroxyl groups is 1. The Morgan fingerprint density at radius 3 is 2.76 bits per heavy atom. The van der Waals surface area contributed by atoms with Gasteiger partial charge in [0.15, 0.2) is 0 Å². The number of fused-ring (bicyclic) bond motifs is 1. The summed E-state index contributed by atoms with van der Waals surface area (Å²) < 4.78 is 0. The fraction of sp³-hybridized carbons (Fsp3) is 0.375. The van der Waals surface area contributed by atoms with Crippen LogP contribution in [0, 0.1) is 0 Å². The predicted octanol–water partition coefficient (Wildman–Crippen LogP) is 3.02. The summed E-state index contributed by atoms with van der Waals surface area (Å²) in [4.78, 5) is 17.2. The summed E-state index contributed by atoms with van der Waals surface area (Å²) in [6.07, 6.45) is 2.44. The fourth-order valence-electron chi connectivity index (χ4n) is 2.38. The highest BCUT2D eigenvalue weighted by molar-refractivity contribution is 5.93. The van der Waals surface area contributed by atoms with Crippen LogP contribution in [0.1, 0.15) is 26.7 Å². The van der Waals surface area contributed by atoms with Crippen molar-refractivity contribution in [2.24, 2.45) is 0 Å². The molecule has 0 spiro atoms. The standard InChI is InChI=1S/C16H20N2O3/c1-11(2)18(9-3-4-15(20)21)16-14-10-13(19)6-5-12(14)7-8-17-16/h5-8,10-11,19H,3-4,9H2,1-2H3,(H,20,21). The summed E-state index contributed by atoms with van der Waals surface area (Å²) in [5.41, 5.74) is 0. The summed E-state index contributed by atoms with van der Waals surface area (Å²) in [7, 11) is 0. The lowest BCUT2D eigenvalue weighted by atomic mass is 10.1. The molecule has 1 aromatic heterocycles. The van der Waals surface area contributed by atoms with Gasteiger partial charge in [-0.3, -0.25) is 4.79 Å². The Bertz CT molecular complexity index is 640. The van der Waals surface area contributed by atoms with Crippen LogP contribution in [0.2, 0.25) is 0 Å². The van der Waals surface area contributed by atoms with Crippen molar-refractivity contribution >= 4 is 22.6 Å². The molecule has 5 heteroatoms. The molecule has 0 atom stereocenters. The highest BCUT2D eigenvalue weighted by atomic mass is 16.4. The average molecular weight is 288 g/mol. The van der Waals surface area contributed by atoms with Gasteiger partial charge in [0.25, 0.3) is 0 Å². The summed E-state index contributed by atoms with van der Waals surface area (Å²) in [6.45, 7) is 4.71. The molecule has 21 heavy (non-hydrogen) atoms.